The largest absolute Gasteiger partial charge is 0.457 e. The second kappa shape index (κ2) is 10.4. The summed E-state index contributed by atoms with van der Waals surface area (Å²) in [5.74, 6) is 0.278. The molecular formula is C24H14BrCl2N3O2S. The minimum atomic E-state index is -0.565. The molecule has 0 saturated heterocycles. The molecule has 2 heterocycles. The van der Waals surface area contributed by atoms with E-state index in [1.807, 2.05) is 30.3 Å². The van der Waals surface area contributed by atoms with Crippen LogP contribution in [0.25, 0.3) is 17.4 Å². The van der Waals surface area contributed by atoms with E-state index in [9.17, 15) is 10.1 Å². The quantitative estimate of drug-likeness (QED) is 0.195. The molecule has 0 bridgehead atoms. The molecular weight excluding hydrogens is 545 g/mol. The smallest absolute Gasteiger partial charge is 0.268 e. The van der Waals surface area contributed by atoms with Crippen LogP contribution in [-0.4, -0.2) is 10.9 Å². The summed E-state index contributed by atoms with van der Waals surface area (Å²) in [7, 11) is 0. The highest BCUT2D eigenvalue weighted by Gasteiger charge is 2.14. The lowest BCUT2D eigenvalue weighted by Crippen LogP contribution is -2.13. The van der Waals surface area contributed by atoms with Gasteiger partial charge >= 0.3 is 0 Å². The molecule has 2 aromatic carbocycles. The molecule has 0 aliphatic heterocycles. The predicted molar refractivity (Wildman–Crippen MR) is 135 cm³/mol. The highest BCUT2D eigenvalue weighted by Crippen LogP contribution is 2.32. The fourth-order valence-corrected chi connectivity index (χ4v) is 4.58. The second-order valence-electron chi connectivity index (χ2n) is 6.89. The number of nitrogens with zero attached hydrogens (tertiary/aromatic N) is 2. The van der Waals surface area contributed by atoms with E-state index in [4.69, 9.17) is 27.6 Å². The predicted octanol–water partition coefficient (Wildman–Crippen LogP) is 7.61. The van der Waals surface area contributed by atoms with Crippen LogP contribution in [0.1, 0.15) is 16.2 Å². The van der Waals surface area contributed by atoms with E-state index < -0.39 is 5.91 Å². The van der Waals surface area contributed by atoms with Crippen LogP contribution in [0.15, 0.2) is 75.3 Å². The van der Waals surface area contributed by atoms with Gasteiger partial charge in [0.25, 0.3) is 5.91 Å². The Morgan fingerprint density at radius 3 is 2.70 bits per heavy atom. The van der Waals surface area contributed by atoms with Gasteiger partial charge in [-0.15, -0.1) is 11.3 Å². The molecule has 5 nitrogen and oxygen atoms in total. The fraction of sp³-hybridized carbons (Fsp3) is 0.0417. The minimum absolute atomic E-state index is 0.109. The first kappa shape index (κ1) is 23.3. The van der Waals surface area contributed by atoms with Crippen LogP contribution in [0.3, 0.4) is 0 Å². The monoisotopic (exact) mass is 557 g/mol. The number of carbonyl (C=O) groups is 1. The van der Waals surface area contributed by atoms with Crippen LogP contribution in [-0.2, 0) is 11.2 Å². The third kappa shape index (κ3) is 5.92. The number of nitrogens with one attached hydrogen (secondary N) is 1. The molecule has 9 heteroatoms. The van der Waals surface area contributed by atoms with Gasteiger partial charge in [-0.25, -0.2) is 4.98 Å². The number of benzene rings is 2. The van der Waals surface area contributed by atoms with Crippen molar-refractivity contribution in [2.75, 3.05) is 5.32 Å². The van der Waals surface area contributed by atoms with Crippen molar-refractivity contribution in [1.29, 1.82) is 5.26 Å². The van der Waals surface area contributed by atoms with E-state index >= 15 is 0 Å². The molecule has 1 N–H and O–H groups in total. The summed E-state index contributed by atoms with van der Waals surface area (Å²) in [6.45, 7) is 0. The Morgan fingerprint density at radius 2 is 1.97 bits per heavy atom. The first-order chi connectivity index (χ1) is 15.9. The maximum Gasteiger partial charge on any atom is 0.268 e. The normalized spacial score (nSPS) is 11.3. The van der Waals surface area contributed by atoms with E-state index in [0.29, 0.717) is 38.7 Å². The van der Waals surface area contributed by atoms with Gasteiger partial charge < -0.3 is 4.42 Å². The third-order valence-electron chi connectivity index (χ3n) is 4.54. The van der Waals surface area contributed by atoms with Gasteiger partial charge in [-0.05, 0) is 48.0 Å². The maximum atomic E-state index is 12.6. The van der Waals surface area contributed by atoms with Crippen LogP contribution in [0.5, 0.6) is 0 Å². The standard InChI is InChI=1S/C24H14BrCl2N3O2S/c25-16-3-1-14(2-4-16)9-19-13-29-24(33-19)30-23(31)15(12-28)10-18-6-8-22(32-18)20-7-5-17(26)11-21(20)27/h1-8,10-11,13H,9H2,(H,29,30,31)/b15-10+. The van der Waals surface area contributed by atoms with Gasteiger partial charge in [-0.3, -0.25) is 10.1 Å². The molecule has 0 aliphatic rings. The molecule has 0 spiro atoms. The summed E-state index contributed by atoms with van der Waals surface area (Å²) in [6, 6.07) is 18.3. The van der Waals surface area contributed by atoms with Crippen LogP contribution < -0.4 is 5.32 Å². The van der Waals surface area contributed by atoms with Crippen LogP contribution in [0, 0.1) is 11.3 Å². The Kier molecular flexibility index (Phi) is 7.31. The van der Waals surface area contributed by atoms with E-state index in [-0.39, 0.29) is 5.57 Å². The Labute approximate surface area is 212 Å². The number of anilines is 1. The van der Waals surface area contributed by atoms with E-state index in [1.165, 1.54) is 17.4 Å². The number of hydrogen-bond acceptors (Lipinski definition) is 5. The van der Waals surface area contributed by atoms with Gasteiger partial charge in [0.1, 0.15) is 23.2 Å². The highest BCUT2D eigenvalue weighted by atomic mass is 79.9. The Hall–Kier alpha value is -2.89. The molecule has 4 aromatic rings. The van der Waals surface area contributed by atoms with Gasteiger partial charge in [0.15, 0.2) is 5.13 Å². The van der Waals surface area contributed by atoms with Crippen molar-refractivity contribution in [3.8, 4) is 17.4 Å². The number of amides is 1. The molecule has 0 radical (unpaired) electrons. The van der Waals surface area contributed by atoms with Crippen LogP contribution in [0.2, 0.25) is 10.0 Å². The lowest BCUT2D eigenvalue weighted by Gasteiger charge is -2.01. The van der Waals surface area contributed by atoms with Gasteiger partial charge in [0, 0.05) is 38.6 Å². The first-order valence-corrected chi connectivity index (χ1v) is 12.0. The van der Waals surface area contributed by atoms with Crippen molar-refractivity contribution in [3.63, 3.8) is 0 Å². The number of nitriles is 1. The van der Waals surface area contributed by atoms with E-state index in [0.717, 1.165) is 14.9 Å². The molecule has 4 rings (SSSR count). The van der Waals surface area contributed by atoms with Crippen molar-refractivity contribution < 1.29 is 9.21 Å². The average Bonchev–Trinajstić information content (AvgIpc) is 3.43. The molecule has 2 aromatic heterocycles. The molecule has 0 unspecified atom stereocenters. The second-order valence-corrected chi connectivity index (χ2v) is 9.76. The molecule has 0 atom stereocenters. The summed E-state index contributed by atoms with van der Waals surface area (Å²) in [6.07, 6.45) is 3.79. The lowest BCUT2D eigenvalue weighted by molar-refractivity contribution is -0.112. The number of aromatic nitrogens is 1. The fourth-order valence-electron chi connectivity index (χ4n) is 2.97. The topological polar surface area (TPSA) is 78.9 Å². The number of hydrogen-bond donors (Lipinski definition) is 1. The SMILES string of the molecule is N#C/C(=C\c1ccc(-c2ccc(Cl)cc2Cl)o1)C(=O)Nc1ncc(Cc2ccc(Br)cc2)s1. The van der Waals surface area contributed by atoms with Crippen molar-refractivity contribution in [2.24, 2.45) is 0 Å². The maximum absolute atomic E-state index is 12.6. The van der Waals surface area contributed by atoms with Crippen molar-refractivity contribution in [1.82, 2.24) is 4.98 Å². The molecule has 0 saturated carbocycles. The van der Waals surface area contributed by atoms with Crippen molar-refractivity contribution in [3.05, 3.63) is 97.1 Å². The molecule has 1 amide bonds. The van der Waals surface area contributed by atoms with Gasteiger partial charge in [-0.2, -0.15) is 5.26 Å². The summed E-state index contributed by atoms with van der Waals surface area (Å²) in [5, 5.41) is 13.5. The number of rotatable bonds is 6. The first-order valence-electron chi connectivity index (χ1n) is 9.59. The molecule has 0 aliphatic carbocycles. The number of furan rings is 1. The number of carbonyl (C=O) groups excluding carboxylic acids is 1. The zero-order valence-corrected chi connectivity index (χ0v) is 20.7. The summed E-state index contributed by atoms with van der Waals surface area (Å²) < 4.78 is 6.76. The summed E-state index contributed by atoms with van der Waals surface area (Å²) in [5.41, 5.74) is 1.68. The highest BCUT2D eigenvalue weighted by molar-refractivity contribution is 9.10. The van der Waals surface area contributed by atoms with Crippen molar-refractivity contribution in [2.45, 2.75) is 6.42 Å². The van der Waals surface area contributed by atoms with Gasteiger partial charge in [0.05, 0.1) is 5.02 Å². The Bertz CT molecular complexity index is 1390. The molecule has 164 valence electrons. The summed E-state index contributed by atoms with van der Waals surface area (Å²) >= 11 is 16.9. The lowest BCUT2D eigenvalue weighted by atomic mass is 10.1. The zero-order chi connectivity index (χ0) is 23.4. The van der Waals surface area contributed by atoms with E-state index in [1.54, 1.807) is 36.5 Å². The van der Waals surface area contributed by atoms with E-state index in [2.05, 4.69) is 26.2 Å². The van der Waals surface area contributed by atoms with Gasteiger partial charge in [-0.1, -0.05) is 51.3 Å². The number of thiazole rings is 1. The van der Waals surface area contributed by atoms with Crippen molar-refractivity contribution >= 4 is 67.6 Å². The van der Waals surface area contributed by atoms with Crippen LogP contribution >= 0.6 is 50.5 Å². The van der Waals surface area contributed by atoms with Gasteiger partial charge in [0.2, 0.25) is 0 Å². The molecule has 33 heavy (non-hydrogen) atoms. The minimum Gasteiger partial charge on any atom is -0.457 e. The number of halogens is 3. The van der Waals surface area contributed by atoms with Crippen LogP contribution in [0.4, 0.5) is 5.13 Å². The average molecular weight is 559 g/mol. The molecule has 0 fully saturated rings. The zero-order valence-electron chi connectivity index (χ0n) is 16.8. The summed E-state index contributed by atoms with van der Waals surface area (Å²) in [4.78, 5) is 17.8. The third-order valence-corrected chi connectivity index (χ3v) is 6.53. The Balaban J connectivity index is 1.45. The Morgan fingerprint density at radius 1 is 1.18 bits per heavy atom.